The minimum absolute atomic E-state index is 0.107. The van der Waals surface area contributed by atoms with Gasteiger partial charge in [-0.05, 0) is 6.42 Å². The average Bonchev–Trinajstić information content (AvgIpc) is 2.44. The largest absolute Gasteiger partial charge is 0.465 e. The fraction of sp³-hybridized carbons (Fsp3) is 0.846. The normalized spacial score (nSPS) is 15.3. The lowest BCUT2D eigenvalue weighted by Crippen LogP contribution is -2.41. The number of ether oxygens (including phenoxy) is 2. The van der Waals surface area contributed by atoms with Crippen LogP contribution in [0.1, 0.15) is 26.2 Å². The van der Waals surface area contributed by atoms with E-state index < -0.39 is 0 Å². The van der Waals surface area contributed by atoms with Gasteiger partial charge in [-0.25, -0.2) is 0 Å². The standard InChI is InChI=1S/C13H24N2O4/c1-2-3-8-19-13(17)11-14-5-4-12(16)15-6-9-18-10-7-15/h14H,2-11H2,1H3. The van der Waals surface area contributed by atoms with Crippen LogP contribution in [0.25, 0.3) is 0 Å². The molecule has 1 amide bonds. The molecule has 6 nitrogen and oxygen atoms in total. The first-order valence-electron chi connectivity index (χ1n) is 6.96. The van der Waals surface area contributed by atoms with Crippen molar-refractivity contribution in [1.82, 2.24) is 10.2 Å². The Labute approximate surface area is 114 Å². The molecule has 110 valence electrons. The molecule has 6 heteroatoms. The Kier molecular flexibility index (Phi) is 8.16. The molecule has 0 radical (unpaired) electrons. The summed E-state index contributed by atoms with van der Waals surface area (Å²) < 4.78 is 10.2. The summed E-state index contributed by atoms with van der Waals surface area (Å²) in [5.41, 5.74) is 0. The van der Waals surface area contributed by atoms with Gasteiger partial charge in [0.1, 0.15) is 0 Å². The zero-order valence-corrected chi connectivity index (χ0v) is 11.7. The molecule has 0 saturated carbocycles. The van der Waals surface area contributed by atoms with E-state index in [9.17, 15) is 9.59 Å². The van der Waals surface area contributed by atoms with Gasteiger partial charge in [-0.3, -0.25) is 9.59 Å². The molecule has 0 unspecified atom stereocenters. The summed E-state index contributed by atoms with van der Waals surface area (Å²) >= 11 is 0. The fourth-order valence-electron chi connectivity index (χ4n) is 1.74. The summed E-state index contributed by atoms with van der Waals surface area (Å²) in [4.78, 5) is 24.8. The van der Waals surface area contributed by atoms with Crippen LogP contribution in [0, 0.1) is 0 Å². The van der Waals surface area contributed by atoms with Crippen molar-refractivity contribution in [2.24, 2.45) is 0 Å². The highest BCUT2D eigenvalue weighted by Crippen LogP contribution is 1.99. The monoisotopic (exact) mass is 272 g/mol. The number of esters is 1. The van der Waals surface area contributed by atoms with E-state index in [-0.39, 0.29) is 18.4 Å². The van der Waals surface area contributed by atoms with E-state index >= 15 is 0 Å². The summed E-state index contributed by atoms with van der Waals surface area (Å²) in [6, 6.07) is 0. The van der Waals surface area contributed by atoms with Crippen molar-refractivity contribution in [3.8, 4) is 0 Å². The second kappa shape index (κ2) is 9.75. The predicted molar refractivity (Wildman–Crippen MR) is 70.8 cm³/mol. The van der Waals surface area contributed by atoms with Crippen LogP contribution in [-0.2, 0) is 19.1 Å². The topological polar surface area (TPSA) is 67.9 Å². The van der Waals surface area contributed by atoms with E-state index in [0.717, 1.165) is 12.8 Å². The number of hydrogen-bond donors (Lipinski definition) is 1. The van der Waals surface area contributed by atoms with Crippen LogP contribution in [0.5, 0.6) is 0 Å². The third kappa shape index (κ3) is 7.12. The van der Waals surface area contributed by atoms with Crippen molar-refractivity contribution in [2.45, 2.75) is 26.2 Å². The summed E-state index contributed by atoms with van der Waals surface area (Å²) in [5.74, 6) is -0.151. The lowest BCUT2D eigenvalue weighted by Gasteiger charge is -2.26. The Morgan fingerprint density at radius 3 is 2.74 bits per heavy atom. The highest BCUT2D eigenvalue weighted by atomic mass is 16.5. The molecule has 1 aliphatic rings. The number of amides is 1. The van der Waals surface area contributed by atoms with Gasteiger partial charge in [0.05, 0.1) is 26.4 Å². The van der Waals surface area contributed by atoms with E-state index in [1.807, 2.05) is 6.92 Å². The zero-order chi connectivity index (χ0) is 13.9. The predicted octanol–water partition coefficient (Wildman–Crippen LogP) is 0.168. The SMILES string of the molecule is CCCCOC(=O)CNCCC(=O)N1CCOCC1. The van der Waals surface area contributed by atoms with Crippen molar-refractivity contribution in [2.75, 3.05) is 46.0 Å². The van der Waals surface area contributed by atoms with Crippen LogP contribution >= 0.6 is 0 Å². The molecule has 1 aliphatic heterocycles. The van der Waals surface area contributed by atoms with Crippen molar-refractivity contribution in [1.29, 1.82) is 0 Å². The molecule has 19 heavy (non-hydrogen) atoms. The maximum Gasteiger partial charge on any atom is 0.319 e. The number of rotatable bonds is 8. The molecule has 1 rings (SSSR count). The Hall–Kier alpha value is -1.14. The fourth-order valence-corrected chi connectivity index (χ4v) is 1.74. The first kappa shape index (κ1) is 15.9. The molecule has 1 heterocycles. The van der Waals surface area contributed by atoms with Crippen LogP contribution < -0.4 is 5.32 Å². The number of unbranched alkanes of at least 4 members (excludes halogenated alkanes) is 1. The molecule has 0 bridgehead atoms. The first-order valence-corrected chi connectivity index (χ1v) is 6.96. The number of carbonyl (C=O) groups excluding carboxylic acids is 2. The molecular formula is C13H24N2O4. The molecule has 0 aromatic rings. The van der Waals surface area contributed by atoms with E-state index in [2.05, 4.69) is 5.32 Å². The Balaban J connectivity index is 2.00. The molecule has 1 saturated heterocycles. The Morgan fingerprint density at radius 1 is 1.32 bits per heavy atom. The molecule has 0 atom stereocenters. The molecular weight excluding hydrogens is 248 g/mol. The van der Waals surface area contributed by atoms with Gasteiger partial charge in [0.15, 0.2) is 0 Å². The molecule has 0 aliphatic carbocycles. The molecule has 0 spiro atoms. The quantitative estimate of drug-likeness (QED) is 0.504. The highest BCUT2D eigenvalue weighted by molar-refractivity contribution is 5.76. The number of nitrogens with zero attached hydrogens (tertiary/aromatic N) is 1. The van der Waals surface area contributed by atoms with Crippen molar-refractivity contribution in [3.05, 3.63) is 0 Å². The van der Waals surface area contributed by atoms with E-state index in [4.69, 9.17) is 9.47 Å². The van der Waals surface area contributed by atoms with Gasteiger partial charge in [0, 0.05) is 26.1 Å². The third-order valence-electron chi connectivity index (χ3n) is 2.91. The number of nitrogens with one attached hydrogen (secondary N) is 1. The van der Waals surface area contributed by atoms with Gasteiger partial charge in [-0.2, -0.15) is 0 Å². The van der Waals surface area contributed by atoms with E-state index in [1.54, 1.807) is 4.90 Å². The van der Waals surface area contributed by atoms with Crippen LogP contribution in [0.4, 0.5) is 0 Å². The Morgan fingerprint density at radius 2 is 2.05 bits per heavy atom. The summed E-state index contributed by atoms with van der Waals surface area (Å²) in [7, 11) is 0. The number of hydrogen-bond acceptors (Lipinski definition) is 5. The third-order valence-corrected chi connectivity index (χ3v) is 2.91. The van der Waals surface area contributed by atoms with Crippen LogP contribution in [0.2, 0.25) is 0 Å². The van der Waals surface area contributed by atoms with Crippen LogP contribution in [-0.4, -0.2) is 62.8 Å². The van der Waals surface area contributed by atoms with E-state index in [0.29, 0.717) is 45.9 Å². The second-order valence-electron chi connectivity index (χ2n) is 4.49. The maximum absolute atomic E-state index is 11.8. The number of morpholine rings is 1. The summed E-state index contributed by atoms with van der Waals surface area (Å²) in [5, 5.41) is 2.93. The molecule has 0 aromatic heterocycles. The smallest absolute Gasteiger partial charge is 0.319 e. The van der Waals surface area contributed by atoms with E-state index in [1.165, 1.54) is 0 Å². The minimum atomic E-state index is -0.257. The van der Waals surface area contributed by atoms with Crippen molar-refractivity contribution in [3.63, 3.8) is 0 Å². The van der Waals surface area contributed by atoms with Gasteiger partial charge < -0.3 is 19.7 Å². The van der Waals surface area contributed by atoms with Gasteiger partial charge >= 0.3 is 5.97 Å². The molecule has 1 N–H and O–H groups in total. The van der Waals surface area contributed by atoms with Crippen LogP contribution in [0.3, 0.4) is 0 Å². The molecule has 1 fully saturated rings. The summed E-state index contributed by atoms with van der Waals surface area (Å²) in [6.07, 6.45) is 2.30. The lowest BCUT2D eigenvalue weighted by molar-refractivity contribution is -0.143. The van der Waals surface area contributed by atoms with Gasteiger partial charge in [0.2, 0.25) is 5.91 Å². The highest BCUT2D eigenvalue weighted by Gasteiger charge is 2.16. The maximum atomic E-state index is 11.8. The zero-order valence-electron chi connectivity index (χ0n) is 11.7. The summed E-state index contributed by atoms with van der Waals surface area (Å²) in [6.45, 7) is 5.74. The number of carbonyl (C=O) groups is 2. The second-order valence-corrected chi connectivity index (χ2v) is 4.49. The van der Waals surface area contributed by atoms with Gasteiger partial charge in [-0.15, -0.1) is 0 Å². The van der Waals surface area contributed by atoms with Crippen molar-refractivity contribution < 1.29 is 19.1 Å². The Bertz CT molecular complexity index is 278. The lowest BCUT2D eigenvalue weighted by atomic mass is 10.3. The van der Waals surface area contributed by atoms with Crippen LogP contribution in [0.15, 0.2) is 0 Å². The van der Waals surface area contributed by atoms with Gasteiger partial charge in [-0.1, -0.05) is 13.3 Å². The average molecular weight is 272 g/mol. The minimum Gasteiger partial charge on any atom is -0.465 e. The molecule has 0 aromatic carbocycles. The van der Waals surface area contributed by atoms with Crippen molar-refractivity contribution >= 4 is 11.9 Å². The van der Waals surface area contributed by atoms with Gasteiger partial charge in [0.25, 0.3) is 0 Å². The first-order chi connectivity index (χ1) is 9.24.